The molecule has 1 N–H and O–H groups in total. The Morgan fingerprint density at radius 3 is 2.66 bits per heavy atom. The highest BCUT2D eigenvalue weighted by molar-refractivity contribution is 7.99. The number of rotatable bonds is 7. The SMILES string of the molecule is Cc1nn(C)c(C)c1/C=N\NC(=O)CSc1nnc(-c2cccnc2)n1-c1ccccc1. The molecule has 0 aliphatic heterocycles. The molecule has 4 rings (SSSR count). The third-order valence-electron chi connectivity index (χ3n) is 4.85. The van der Waals surface area contributed by atoms with Crippen LogP contribution in [0.5, 0.6) is 0 Å². The molecule has 1 amide bonds. The number of thioether (sulfide) groups is 1. The Hall–Kier alpha value is -3.79. The monoisotopic (exact) mass is 446 g/mol. The average molecular weight is 447 g/mol. The summed E-state index contributed by atoms with van der Waals surface area (Å²) in [7, 11) is 1.87. The molecule has 0 bridgehead atoms. The summed E-state index contributed by atoms with van der Waals surface area (Å²) in [4.78, 5) is 16.6. The number of amides is 1. The quantitative estimate of drug-likeness (QED) is 0.266. The molecule has 3 heterocycles. The summed E-state index contributed by atoms with van der Waals surface area (Å²) in [6, 6.07) is 13.5. The van der Waals surface area contributed by atoms with E-state index in [4.69, 9.17) is 0 Å². The van der Waals surface area contributed by atoms with Crippen LogP contribution in [0.15, 0.2) is 65.1 Å². The number of hydrogen-bond donors (Lipinski definition) is 1. The number of carbonyl (C=O) groups is 1. The van der Waals surface area contributed by atoms with Gasteiger partial charge in [0.1, 0.15) is 0 Å². The van der Waals surface area contributed by atoms with Crippen LogP contribution in [0.3, 0.4) is 0 Å². The van der Waals surface area contributed by atoms with E-state index in [1.54, 1.807) is 23.3 Å². The number of aromatic nitrogens is 6. The van der Waals surface area contributed by atoms with Crippen molar-refractivity contribution in [1.82, 2.24) is 35.0 Å². The first kappa shape index (κ1) is 21.4. The summed E-state index contributed by atoms with van der Waals surface area (Å²) in [5.74, 6) is 0.559. The van der Waals surface area contributed by atoms with Gasteiger partial charge in [0, 0.05) is 41.9 Å². The molecule has 162 valence electrons. The highest BCUT2D eigenvalue weighted by atomic mass is 32.2. The highest BCUT2D eigenvalue weighted by Gasteiger charge is 2.17. The normalized spacial score (nSPS) is 11.2. The summed E-state index contributed by atoms with van der Waals surface area (Å²) in [6.45, 7) is 3.86. The second-order valence-corrected chi connectivity index (χ2v) is 7.95. The summed E-state index contributed by atoms with van der Waals surface area (Å²) in [6.07, 6.45) is 5.07. The Kier molecular flexibility index (Phi) is 6.41. The average Bonchev–Trinajstić information content (AvgIpc) is 3.34. The number of carbonyl (C=O) groups excluding carboxylic acids is 1. The Labute approximate surface area is 189 Å². The lowest BCUT2D eigenvalue weighted by Gasteiger charge is -2.09. The number of nitrogens with zero attached hydrogens (tertiary/aromatic N) is 7. The van der Waals surface area contributed by atoms with E-state index in [0.717, 1.165) is 28.2 Å². The van der Waals surface area contributed by atoms with Gasteiger partial charge in [-0.3, -0.25) is 19.0 Å². The zero-order chi connectivity index (χ0) is 22.5. The van der Waals surface area contributed by atoms with Crippen LogP contribution in [0.2, 0.25) is 0 Å². The lowest BCUT2D eigenvalue weighted by atomic mass is 10.2. The van der Waals surface area contributed by atoms with Crippen LogP contribution >= 0.6 is 11.8 Å². The predicted octanol–water partition coefficient (Wildman–Crippen LogP) is 2.92. The molecule has 0 atom stereocenters. The summed E-state index contributed by atoms with van der Waals surface area (Å²) in [5, 5.41) is 17.7. The molecule has 9 nitrogen and oxygen atoms in total. The van der Waals surface area contributed by atoms with Crippen LogP contribution in [-0.4, -0.2) is 47.4 Å². The van der Waals surface area contributed by atoms with Crippen LogP contribution in [0.1, 0.15) is 17.0 Å². The van der Waals surface area contributed by atoms with E-state index >= 15 is 0 Å². The Bertz CT molecular complexity index is 1250. The maximum atomic E-state index is 12.4. The van der Waals surface area contributed by atoms with Crippen molar-refractivity contribution in [1.29, 1.82) is 0 Å². The topological polar surface area (TPSA) is 103 Å². The Balaban J connectivity index is 1.49. The minimum absolute atomic E-state index is 0.139. The molecule has 4 aromatic rings. The molecule has 0 saturated carbocycles. The van der Waals surface area contributed by atoms with E-state index in [0.29, 0.717) is 11.0 Å². The summed E-state index contributed by atoms with van der Waals surface area (Å²) in [5.41, 5.74) is 7.04. The van der Waals surface area contributed by atoms with E-state index in [2.05, 4.69) is 30.8 Å². The maximum Gasteiger partial charge on any atom is 0.250 e. The van der Waals surface area contributed by atoms with Crippen LogP contribution < -0.4 is 5.43 Å². The number of hydrazone groups is 1. The van der Waals surface area contributed by atoms with Gasteiger partial charge < -0.3 is 0 Å². The Morgan fingerprint density at radius 2 is 1.97 bits per heavy atom. The van der Waals surface area contributed by atoms with Gasteiger partial charge in [-0.2, -0.15) is 10.2 Å². The van der Waals surface area contributed by atoms with Gasteiger partial charge in [-0.1, -0.05) is 30.0 Å². The second-order valence-electron chi connectivity index (χ2n) is 7.01. The zero-order valence-corrected chi connectivity index (χ0v) is 18.7. The molecule has 0 spiro atoms. The maximum absolute atomic E-state index is 12.4. The third kappa shape index (κ3) is 4.59. The van der Waals surface area contributed by atoms with Gasteiger partial charge in [-0.15, -0.1) is 10.2 Å². The molecule has 32 heavy (non-hydrogen) atoms. The van der Waals surface area contributed by atoms with Gasteiger partial charge in [0.05, 0.1) is 17.7 Å². The number of benzene rings is 1. The largest absolute Gasteiger partial charge is 0.272 e. The van der Waals surface area contributed by atoms with Crippen molar-refractivity contribution in [3.05, 3.63) is 71.8 Å². The fourth-order valence-corrected chi connectivity index (χ4v) is 3.91. The minimum atomic E-state index is -0.240. The van der Waals surface area contributed by atoms with Crippen molar-refractivity contribution < 1.29 is 4.79 Å². The van der Waals surface area contributed by atoms with Gasteiger partial charge >= 0.3 is 0 Å². The van der Waals surface area contributed by atoms with E-state index in [-0.39, 0.29) is 11.7 Å². The minimum Gasteiger partial charge on any atom is -0.272 e. The first-order chi connectivity index (χ1) is 15.5. The number of para-hydroxylation sites is 1. The molecule has 1 aromatic carbocycles. The fraction of sp³-hybridized carbons (Fsp3) is 0.182. The lowest BCUT2D eigenvalue weighted by molar-refractivity contribution is -0.118. The molecule has 0 aliphatic carbocycles. The predicted molar refractivity (Wildman–Crippen MR) is 124 cm³/mol. The van der Waals surface area contributed by atoms with E-state index < -0.39 is 0 Å². The highest BCUT2D eigenvalue weighted by Crippen LogP contribution is 2.27. The molecule has 0 saturated heterocycles. The van der Waals surface area contributed by atoms with Crippen molar-refractivity contribution in [2.45, 2.75) is 19.0 Å². The van der Waals surface area contributed by atoms with E-state index in [9.17, 15) is 4.79 Å². The molecule has 0 unspecified atom stereocenters. The van der Waals surface area contributed by atoms with Gasteiger partial charge in [-0.25, -0.2) is 5.43 Å². The van der Waals surface area contributed by atoms with E-state index in [1.807, 2.05) is 67.9 Å². The number of hydrogen-bond acceptors (Lipinski definition) is 7. The summed E-state index contributed by atoms with van der Waals surface area (Å²) < 4.78 is 3.70. The van der Waals surface area contributed by atoms with Crippen molar-refractivity contribution in [3.8, 4) is 17.1 Å². The van der Waals surface area contributed by atoms with Gasteiger partial charge in [0.15, 0.2) is 11.0 Å². The first-order valence-electron chi connectivity index (χ1n) is 9.90. The first-order valence-corrected chi connectivity index (χ1v) is 10.9. The van der Waals surface area contributed by atoms with Crippen LogP contribution in [0.25, 0.3) is 17.1 Å². The zero-order valence-electron chi connectivity index (χ0n) is 17.9. The van der Waals surface area contributed by atoms with Gasteiger partial charge in [-0.05, 0) is 38.1 Å². The fourth-order valence-electron chi connectivity index (χ4n) is 3.16. The van der Waals surface area contributed by atoms with Crippen molar-refractivity contribution >= 4 is 23.9 Å². The lowest BCUT2D eigenvalue weighted by Crippen LogP contribution is -2.20. The third-order valence-corrected chi connectivity index (χ3v) is 5.78. The van der Waals surface area contributed by atoms with Crippen molar-refractivity contribution in [2.24, 2.45) is 12.1 Å². The molecule has 0 radical (unpaired) electrons. The summed E-state index contributed by atoms with van der Waals surface area (Å²) >= 11 is 1.29. The molecule has 0 fully saturated rings. The second kappa shape index (κ2) is 9.56. The van der Waals surface area contributed by atoms with Crippen molar-refractivity contribution in [3.63, 3.8) is 0 Å². The van der Waals surface area contributed by atoms with Gasteiger partial charge in [0.2, 0.25) is 0 Å². The van der Waals surface area contributed by atoms with Crippen LogP contribution in [-0.2, 0) is 11.8 Å². The standard InChI is InChI=1S/C22H22N8OS/c1-15-19(16(2)29(3)28-15)13-24-25-20(31)14-32-22-27-26-21(17-8-7-11-23-12-17)30(22)18-9-5-4-6-10-18/h4-13H,14H2,1-3H3,(H,25,31)/b24-13-. The number of nitrogens with one attached hydrogen (secondary N) is 1. The van der Waals surface area contributed by atoms with Gasteiger partial charge in [0.25, 0.3) is 5.91 Å². The van der Waals surface area contributed by atoms with Crippen LogP contribution in [0, 0.1) is 13.8 Å². The molecule has 3 aromatic heterocycles. The molecule has 0 aliphatic rings. The van der Waals surface area contributed by atoms with Crippen molar-refractivity contribution in [2.75, 3.05) is 5.75 Å². The smallest absolute Gasteiger partial charge is 0.250 e. The number of aryl methyl sites for hydroxylation is 2. The Morgan fingerprint density at radius 1 is 1.16 bits per heavy atom. The number of pyridine rings is 1. The van der Waals surface area contributed by atoms with Crippen LogP contribution in [0.4, 0.5) is 0 Å². The van der Waals surface area contributed by atoms with E-state index in [1.165, 1.54) is 11.8 Å². The molecule has 10 heteroatoms. The molecular formula is C22H22N8OS. The molecular weight excluding hydrogens is 424 g/mol.